The molecule has 2 amide bonds. The molecule has 0 spiro atoms. The lowest BCUT2D eigenvalue weighted by molar-refractivity contribution is -0.113. The molecule has 1 aromatic carbocycles. The third kappa shape index (κ3) is 3.86. The Bertz CT molecular complexity index is 1110. The zero-order valence-electron chi connectivity index (χ0n) is 15.7. The van der Waals surface area contributed by atoms with E-state index in [0.29, 0.717) is 11.3 Å². The molecule has 148 valence electrons. The monoisotopic (exact) mass is 424 g/mol. The number of anilines is 1. The molecule has 2 aliphatic rings. The lowest BCUT2D eigenvalue weighted by Gasteiger charge is -2.11. The average Bonchev–Trinajstić information content (AvgIpc) is 3.29. The van der Waals surface area contributed by atoms with Crippen LogP contribution in [0.1, 0.15) is 40.1 Å². The lowest BCUT2D eigenvalue weighted by Crippen LogP contribution is -2.27. The summed E-state index contributed by atoms with van der Waals surface area (Å²) in [4.78, 5) is 36.3. The number of benzene rings is 1. The van der Waals surface area contributed by atoms with E-state index in [-0.39, 0.29) is 23.6 Å². The molecule has 8 heteroatoms. The molecule has 2 heterocycles. The van der Waals surface area contributed by atoms with E-state index in [9.17, 15) is 9.59 Å². The number of fused-ring (bicyclic) bond motifs is 3. The van der Waals surface area contributed by atoms with Gasteiger partial charge in [-0.15, -0.1) is 11.3 Å². The summed E-state index contributed by atoms with van der Waals surface area (Å²) in [6, 6.07) is 7.40. The van der Waals surface area contributed by atoms with Crippen molar-refractivity contribution in [2.45, 2.75) is 43.2 Å². The number of thioether (sulfide) groups is 1. The minimum Gasteiger partial charge on any atom is -0.349 e. The summed E-state index contributed by atoms with van der Waals surface area (Å²) < 4.78 is 0. The third-order valence-corrected chi connectivity index (χ3v) is 7.35. The topological polar surface area (TPSA) is 84.0 Å². The predicted molar refractivity (Wildman–Crippen MR) is 116 cm³/mol. The second-order valence-corrected chi connectivity index (χ2v) is 9.39. The van der Waals surface area contributed by atoms with E-state index in [4.69, 9.17) is 0 Å². The fourth-order valence-electron chi connectivity index (χ4n) is 3.61. The zero-order valence-corrected chi connectivity index (χ0v) is 17.4. The highest BCUT2D eigenvalue weighted by molar-refractivity contribution is 8.00. The van der Waals surface area contributed by atoms with Gasteiger partial charge in [0.15, 0.2) is 0 Å². The molecule has 0 aliphatic heterocycles. The second-order valence-electron chi connectivity index (χ2n) is 7.35. The van der Waals surface area contributed by atoms with Gasteiger partial charge in [-0.25, -0.2) is 9.97 Å². The number of nitrogens with one attached hydrogen (secondary N) is 2. The molecule has 2 N–H and O–H groups in total. The van der Waals surface area contributed by atoms with E-state index in [1.807, 2.05) is 6.07 Å². The maximum atomic E-state index is 12.6. The van der Waals surface area contributed by atoms with Gasteiger partial charge in [-0.3, -0.25) is 9.59 Å². The lowest BCUT2D eigenvalue weighted by atomic mass is 10.1. The molecule has 3 aromatic rings. The van der Waals surface area contributed by atoms with Gasteiger partial charge in [-0.1, -0.05) is 23.9 Å². The summed E-state index contributed by atoms with van der Waals surface area (Å²) in [6.45, 7) is 0. The van der Waals surface area contributed by atoms with E-state index in [0.717, 1.165) is 40.9 Å². The highest BCUT2D eigenvalue weighted by Crippen LogP contribution is 2.40. The van der Waals surface area contributed by atoms with Crippen molar-refractivity contribution in [2.24, 2.45) is 0 Å². The van der Waals surface area contributed by atoms with Crippen molar-refractivity contribution in [1.82, 2.24) is 15.3 Å². The Balaban J connectivity index is 1.29. The molecule has 0 saturated heterocycles. The first-order chi connectivity index (χ1) is 14.2. The smallest absolute Gasteiger partial charge is 0.253 e. The number of aromatic nitrogens is 2. The molecule has 0 atom stereocenters. The molecule has 2 aliphatic carbocycles. The normalized spacial score (nSPS) is 15.3. The van der Waals surface area contributed by atoms with Gasteiger partial charge in [0.05, 0.1) is 17.0 Å². The maximum absolute atomic E-state index is 12.6. The summed E-state index contributed by atoms with van der Waals surface area (Å²) in [5.41, 5.74) is 2.40. The molecular weight excluding hydrogens is 404 g/mol. The molecule has 29 heavy (non-hydrogen) atoms. The van der Waals surface area contributed by atoms with Gasteiger partial charge in [0.2, 0.25) is 5.91 Å². The molecule has 5 rings (SSSR count). The number of thiophene rings is 1. The largest absolute Gasteiger partial charge is 0.349 e. The van der Waals surface area contributed by atoms with E-state index >= 15 is 0 Å². The van der Waals surface area contributed by atoms with Gasteiger partial charge in [-0.05, 0) is 49.8 Å². The molecule has 0 bridgehead atoms. The first-order valence-electron chi connectivity index (χ1n) is 9.77. The number of hydrogen-bond donors (Lipinski definition) is 2. The van der Waals surface area contributed by atoms with E-state index in [1.165, 1.54) is 28.6 Å². The SMILES string of the molecule is O=C(CSc1ncnc2sc3c(c12)CCC3)Nc1ccccc1C(=O)NC1CC1. The molecule has 2 aromatic heterocycles. The van der Waals surface area contributed by atoms with E-state index < -0.39 is 0 Å². The van der Waals surface area contributed by atoms with Crippen molar-refractivity contribution >= 4 is 50.8 Å². The third-order valence-electron chi connectivity index (χ3n) is 5.16. The van der Waals surface area contributed by atoms with E-state index in [1.54, 1.807) is 35.9 Å². The molecular formula is C21H20N4O2S2. The van der Waals surface area contributed by atoms with Gasteiger partial charge in [0, 0.05) is 16.3 Å². The molecule has 1 saturated carbocycles. The number of para-hydroxylation sites is 1. The Morgan fingerprint density at radius 1 is 1.17 bits per heavy atom. The number of carbonyl (C=O) groups excluding carboxylic acids is 2. The first kappa shape index (κ1) is 18.6. The number of carbonyl (C=O) groups is 2. The summed E-state index contributed by atoms with van der Waals surface area (Å²) in [5.74, 6) is -0.0577. The molecule has 1 fully saturated rings. The minimum absolute atomic E-state index is 0.137. The Hall–Kier alpha value is -2.45. The van der Waals surface area contributed by atoms with Crippen LogP contribution in [0.5, 0.6) is 0 Å². The van der Waals surface area contributed by atoms with Crippen LogP contribution in [0.15, 0.2) is 35.6 Å². The highest BCUT2D eigenvalue weighted by Gasteiger charge is 2.25. The van der Waals surface area contributed by atoms with Crippen LogP contribution in [0.25, 0.3) is 10.2 Å². The number of hydrogen-bond acceptors (Lipinski definition) is 6. The molecule has 0 radical (unpaired) electrons. The van der Waals surface area contributed by atoms with Crippen molar-refractivity contribution < 1.29 is 9.59 Å². The number of amides is 2. The van der Waals surface area contributed by atoms with Crippen LogP contribution in [-0.4, -0.2) is 33.6 Å². The number of nitrogens with zero attached hydrogens (tertiary/aromatic N) is 2. The van der Waals surface area contributed by atoms with Gasteiger partial charge in [-0.2, -0.15) is 0 Å². The van der Waals surface area contributed by atoms with Crippen molar-refractivity contribution in [1.29, 1.82) is 0 Å². The van der Waals surface area contributed by atoms with Gasteiger partial charge in [0.1, 0.15) is 16.2 Å². The Kier molecular flexibility index (Phi) is 4.97. The number of aryl methyl sites for hydroxylation is 2. The zero-order chi connectivity index (χ0) is 19.8. The van der Waals surface area contributed by atoms with Crippen molar-refractivity contribution in [2.75, 3.05) is 11.1 Å². The second kappa shape index (κ2) is 7.76. The van der Waals surface area contributed by atoms with Crippen LogP contribution in [0.4, 0.5) is 5.69 Å². The van der Waals surface area contributed by atoms with Crippen LogP contribution in [0, 0.1) is 0 Å². The predicted octanol–water partition coefficient (Wildman–Crippen LogP) is 3.80. The highest BCUT2D eigenvalue weighted by atomic mass is 32.2. The molecule has 6 nitrogen and oxygen atoms in total. The van der Waals surface area contributed by atoms with Crippen molar-refractivity contribution in [3.05, 3.63) is 46.6 Å². The fraction of sp³-hybridized carbons (Fsp3) is 0.333. The Labute approximate surface area is 176 Å². The van der Waals surface area contributed by atoms with Crippen LogP contribution in [0.2, 0.25) is 0 Å². The van der Waals surface area contributed by atoms with Gasteiger partial charge < -0.3 is 10.6 Å². The quantitative estimate of drug-likeness (QED) is 0.464. The average molecular weight is 425 g/mol. The summed E-state index contributed by atoms with van der Waals surface area (Å²) in [6.07, 6.45) is 6.97. The maximum Gasteiger partial charge on any atom is 0.253 e. The standard InChI is InChI=1S/C21H20N4O2S2/c26-17(25-15-6-2-1-4-13(15)19(27)24-12-8-9-12)10-28-20-18-14-5-3-7-16(14)29-21(18)23-11-22-20/h1-2,4,6,11-12H,3,5,7-10H2,(H,24,27)(H,25,26). The first-order valence-corrected chi connectivity index (χ1v) is 11.6. The van der Waals surface area contributed by atoms with Crippen LogP contribution in [-0.2, 0) is 17.6 Å². The van der Waals surface area contributed by atoms with Crippen molar-refractivity contribution in [3.8, 4) is 0 Å². The summed E-state index contributed by atoms with van der Waals surface area (Å²) >= 11 is 3.17. The summed E-state index contributed by atoms with van der Waals surface area (Å²) in [7, 11) is 0. The minimum atomic E-state index is -0.152. The number of rotatable bonds is 6. The van der Waals surface area contributed by atoms with Crippen LogP contribution in [0.3, 0.4) is 0 Å². The van der Waals surface area contributed by atoms with Gasteiger partial charge in [0.25, 0.3) is 5.91 Å². The Morgan fingerprint density at radius 2 is 2.03 bits per heavy atom. The fourth-order valence-corrected chi connectivity index (χ4v) is 5.73. The summed E-state index contributed by atoms with van der Waals surface area (Å²) in [5, 5.41) is 7.84. The Morgan fingerprint density at radius 3 is 2.90 bits per heavy atom. The van der Waals surface area contributed by atoms with Crippen LogP contribution < -0.4 is 10.6 Å². The molecule has 0 unspecified atom stereocenters. The van der Waals surface area contributed by atoms with Gasteiger partial charge >= 0.3 is 0 Å². The van der Waals surface area contributed by atoms with Crippen molar-refractivity contribution in [3.63, 3.8) is 0 Å². The van der Waals surface area contributed by atoms with E-state index in [2.05, 4.69) is 20.6 Å². The van der Waals surface area contributed by atoms with Crippen LogP contribution >= 0.6 is 23.1 Å².